The number of pyridine rings is 1. The van der Waals surface area contributed by atoms with E-state index in [0.717, 1.165) is 0 Å². The molecule has 0 radical (unpaired) electrons. The molecule has 0 spiro atoms. The highest BCUT2D eigenvalue weighted by Gasteiger charge is 2.02. The number of benzene rings is 1. The molecule has 1 heterocycles. The zero-order valence-corrected chi connectivity index (χ0v) is 9.45. The number of hydrazone groups is 1. The van der Waals surface area contributed by atoms with Crippen LogP contribution in [0.1, 0.15) is 16.1 Å². The van der Waals surface area contributed by atoms with E-state index in [0.29, 0.717) is 11.3 Å². The maximum atomic E-state index is 11.6. The van der Waals surface area contributed by atoms with Crippen LogP contribution < -0.4 is 5.43 Å². The third kappa shape index (κ3) is 3.15. The molecule has 0 fully saturated rings. The highest BCUT2D eigenvalue weighted by atomic mass is 16.3. The number of phenolic OH excluding ortho intramolecular Hbond substituents is 1. The van der Waals surface area contributed by atoms with Gasteiger partial charge in [0.25, 0.3) is 5.91 Å². The first-order valence-electron chi connectivity index (χ1n) is 5.29. The summed E-state index contributed by atoms with van der Waals surface area (Å²) in [7, 11) is 0. The topological polar surface area (TPSA) is 74.6 Å². The Balaban J connectivity index is 1.96. The van der Waals surface area contributed by atoms with Gasteiger partial charge in [-0.25, -0.2) is 5.43 Å². The van der Waals surface area contributed by atoms with Crippen molar-refractivity contribution < 1.29 is 9.90 Å². The molecule has 18 heavy (non-hydrogen) atoms. The first-order chi connectivity index (χ1) is 8.75. The Bertz CT molecular complexity index is 550. The van der Waals surface area contributed by atoms with Crippen molar-refractivity contribution in [3.05, 3.63) is 59.9 Å². The molecule has 0 aliphatic rings. The lowest BCUT2D eigenvalue weighted by Gasteiger charge is -1.99. The number of carbonyl (C=O) groups excluding carboxylic acids is 1. The summed E-state index contributed by atoms with van der Waals surface area (Å²) in [4.78, 5) is 15.6. The van der Waals surface area contributed by atoms with Crippen molar-refractivity contribution in [2.24, 2.45) is 5.10 Å². The molecule has 0 unspecified atom stereocenters. The number of hydrogen-bond acceptors (Lipinski definition) is 4. The Morgan fingerprint density at radius 3 is 2.67 bits per heavy atom. The molecule has 0 saturated carbocycles. The Labute approximate surface area is 104 Å². The van der Waals surface area contributed by atoms with Crippen molar-refractivity contribution in [1.82, 2.24) is 10.4 Å². The lowest BCUT2D eigenvalue weighted by molar-refractivity contribution is 0.0955. The van der Waals surface area contributed by atoms with E-state index in [2.05, 4.69) is 15.5 Å². The molecule has 0 saturated heterocycles. The molecule has 0 atom stereocenters. The van der Waals surface area contributed by atoms with E-state index in [1.807, 2.05) is 6.07 Å². The predicted molar refractivity (Wildman–Crippen MR) is 67.4 cm³/mol. The van der Waals surface area contributed by atoms with Gasteiger partial charge < -0.3 is 5.11 Å². The maximum absolute atomic E-state index is 11.6. The van der Waals surface area contributed by atoms with Crippen LogP contribution in [-0.2, 0) is 0 Å². The van der Waals surface area contributed by atoms with Crippen molar-refractivity contribution in [3.63, 3.8) is 0 Å². The zero-order chi connectivity index (χ0) is 12.8. The van der Waals surface area contributed by atoms with Crippen LogP contribution in [-0.4, -0.2) is 22.2 Å². The summed E-state index contributed by atoms with van der Waals surface area (Å²) in [5.74, 6) is -0.231. The average molecular weight is 241 g/mol. The minimum atomic E-state index is -0.345. The highest BCUT2D eigenvalue weighted by molar-refractivity contribution is 5.94. The molecule has 2 N–H and O–H groups in total. The summed E-state index contributed by atoms with van der Waals surface area (Å²) >= 11 is 0. The Kier molecular flexibility index (Phi) is 3.66. The molecular weight excluding hydrogens is 230 g/mol. The largest absolute Gasteiger partial charge is 0.508 e. The smallest absolute Gasteiger partial charge is 0.271 e. The standard InChI is InChI=1S/C13H11N3O2/c17-12-6-4-10(5-7-12)13(18)16-15-9-11-3-1-2-8-14-11/h1-9,17H,(H,16,18). The third-order valence-corrected chi connectivity index (χ3v) is 2.18. The van der Waals surface area contributed by atoms with E-state index in [4.69, 9.17) is 5.11 Å². The van der Waals surface area contributed by atoms with E-state index < -0.39 is 0 Å². The van der Waals surface area contributed by atoms with E-state index in [9.17, 15) is 4.79 Å². The van der Waals surface area contributed by atoms with Gasteiger partial charge in [-0.1, -0.05) is 6.07 Å². The van der Waals surface area contributed by atoms with Crippen molar-refractivity contribution in [2.45, 2.75) is 0 Å². The van der Waals surface area contributed by atoms with Crippen LogP contribution in [0.5, 0.6) is 5.75 Å². The minimum absolute atomic E-state index is 0.114. The second-order valence-corrected chi connectivity index (χ2v) is 3.50. The van der Waals surface area contributed by atoms with Crippen molar-refractivity contribution in [3.8, 4) is 5.75 Å². The first kappa shape index (κ1) is 11.8. The number of amides is 1. The number of nitrogens with zero attached hydrogens (tertiary/aromatic N) is 2. The first-order valence-corrected chi connectivity index (χ1v) is 5.29. The number of aromatic hydroxyl groups is 1. The molecular formula is C13H11N3O2. The van der Waals surface area contributed by atoms with Crippen LogP contribution in [0.2, 0.25) is 0 Å². The Morgan fingerprint density at radius 2 is 2.00 bits per heavy atom. The molecule has 1 aromatic heterocycles. The molecule has 2 rings (SSSR count). The van der Waals surface area contributed by atoms with E-state index in [1.165, 1.54) is 30.5 Å². The number of rotatable bonds is 3. The van der Waals surface area contributed by atoms with Crippen LogP contribution in [0.3, 0.4) is 0 Å². The second kappa shape index (κ2) is 5.58. The molecule has 5 nitrogen and oxygen atoms in total. The lowest BCUT2D eigenvalue weighted by atomic mass is 10.2. The van der Waals surface area contributed by atoms with Gasteiger partial charge in [-0.15, -0.1) is 0 Å². The Morgan fingerprint density at radius 1 is 1.22 bits per heavy atom. The third-order valence-electron chi connectivity index (χ3n) is 2.18. The van der Waals surface area contributed by atoms with Crippen LogP contribution in [0, 0.1) is 0 Å². The second-order valence-electron chi connectivity index (χ2n) is 3.50. The fourth-order valence-corrected chi connectivity index (χ4v) is 1.29. The molecule has 2 aromatic rings. The van der Waals surface area contributed by atoms with E-state index in [1.54, 1.807) is 18.3 Å². The summed E-state index contributed by atoms with van der Waals surface area (Å²) in [6.45, 7) is 0. The summed E-state index contributed by atoms with van der Waals surface area (Å²) in [5.41, 5.74) is 3.45. The van der Waals surface area contributed by atoms with Gasteiger partial charge in [-0.3, -0.25) is 9.78 Å². The van der Waals surface area contributed by atoms with E-state index >= 15 is 0 Å². The van der Waals surface area contributed by atoms with Crippen LogP contribution >= 0.6 is 0 Å². The summed E-state index contributed by atoms with van der Waals surface area (Å²) in [6.07, 6.45) is 3.10. The molecule has 5 heteroatoms. The number of aromatic nitrogens is 1. The summed E-state index contributed by atoms with van der Waals surface area (Å²) < 4.78 is 0. The zero-order valence-electron chi connectivity index (χ0n) is 9.45. The molecule has 1 amide bonds. The summed E-state index contributed by atoms with van der Waals surface area (Å²) in [6, 6.07) is 11.3. The van der Waals surface area contributed by atoms with Gasteiger partial charge in [-0.2, -0.15) is 5.10 Å². The SMILES string of the molecule is O=C(NN=Cc1ccccn1)c1ccc(O)cc1. The fourth-order valence-electron chi connectivity index (χ4n) is 1.29. The molecule has 0 aliphatic carbocycles. The van der Waals surface area contributed by atoms with Gasteiger partial charge in [0.1, 0.15) is 5.75 Å². The van der Waals surface area contributed by atoms with Crippen LogP contribution in [0.15, 0.2) is 53.8 Å². The van der Waals surface area contributed by atoms with Gasteiger partial charge in [0.2, 0.25) is 0 Å². The van der Waals surface area contributed by atoms with Gasteiger partial charge >= 0.3 is 0 Å². The molecule has 0 aliphatic heterocycles. The van der Waals surface area contributed by atoms with Crippen molar-refractivity contribution in [2.75, 3.05) is 0 Å². The van der Waals surface area contributed by atoms with Crippen molar-refractivity contribution >= 4 is 12.1 Å². The maximum Gasteiger partial charge on any atom is 0.271 e. The molecule has 0 bridgehead atoms. The Hall–Kier alpha value is -2.69. The van der Waals surface area contributed by atoms with Gasteiger partial charge in [0.05, 0.1) is 11.9 Å². The van der Waals surface area contributed by atoms with E-state index in [-0.39, 0.29) is 11.7 Å². The summed E-state index contributed by atoms with van der Waals surface area (Å²) in [5, 5.41) is 12.9. The van der Waals surface area contributed by atoms with Crippen molar-refractivity contribution in [1.29, 1.82) is 0 Å². The molecule has 90 valence electrons. The monoisotopic (exact) mass is 241 g/mol. The minimum Gasteiger partial charge on any atom is -0.508 e. The van der Waals surface area contributed by atoms with Gasteiger partial charge in [0, 0.05) is 11.8 Å². The number of hydrogen-bond donors (Lipinski definition) is 2. The van der Waals surface area contributed by atoms with Gasteiger partial charge in [0.15, 0.2) is 0 Å². The lowest BCUT2D eigenvalue weighted by Crippen LogP contribution is -2.17. The van der Waals surface area contributed by atoms with Crippen LogP contribution in [0.4, 0.5) is 0 Å². The normalized spacial score (nSPS) is 10.4. The predicted octanol–water partition coefficient (Wildman–Crippen LogP) is 1.55. The molecule has 1 aromatic carbocycles. The fraction of sp³-hybridized carbons (Fsp3) is 0. The number of nitrogens with one attached hydrogen (secondary N) is 1. The van der Waals surface area contributed by atoms with Gasteiger partial charge in [-0.05, 0) is 36.4 Å². The van der Waals surface area contributed by atoms with Crippen LogP contribution in [0.25, 0.3) is 0 Å². The quantitative estimate of drug-likeness (QED) is 0.632. The number of carbonyl (C=O) groups is 1. The highest BCUT2D eigenvalue weighted by Crippen LogP contribution is 2.09. The number of phenols is 1. The average Bonchev–Trinajstić information content (AvgIpc) is 2.40.